The molecule has 0 unspecified atom stereocenters. The van der Waals surface area contributed by atoms with Crippen molar-refractivity contribution in [2.75, 3.05) is 18.5 Å². The molecule has 5 nitrogen and oxygen atoms in total. The molecule has 0 radical (unpaired) electrons. The van der Waals surface area contributed by atoms with Crippen LogP contribution in [0.2, 0.25) is 0 Å². The van der Waals surface area contributed by atoms with E-state index in [1.807, 2.05) is 6.07 Å². The lowest BCUT2D eigenvalue weighted by atomic mass is 10.2. The molecule has 90 valence electrons. The molecule has 0 aliphatic heterocycles. The highest BCUT2D eigenvalue weighted by Gasteiger charge is 2.24. The molecule has 0 atom stereocenters. The summed E-state index contributed by atoms with van der Waals surface area (Å²) in [6, 6.07) is 3.43. The predicted molar refractivity (Wildman–Crippen MR) is 56.5 cm³/mol. The summed E-state index contributed by atoms with van der Waals surface area (Å²) in [4.78, 5) is 11.0. The average molecular weight is 241 g/mol. The van der Waals surface area contributed by atoms with Crippen LogP contribution in [0, 0.1) is 33.1 Å². The second-order valence-corrected chi connectivity index (χ2v) is 3.32. The van der Waals surface area contributed by atoms with Crippen molar-refractivity contribution in [3.63, 3.8) is 0 Å². The van der Waals surface area contributed by atoms with Crippen LogP contribution in [0.25, 0.3) is 0 Å². The van der Waals surface area contributed by atoms with Crippen LogP contribution in [-0.2, 0) is 0 Å². The van der Waals surface area contributed by atoms with Crippen LogP contribution in [0.1, 0.15) is 6.42 Å². The van der Waals surface area contributed by atoms with Gasteiger partial charge in [0.1, 0.15) is 0 Å². The topological polar surface area (TPSA) is 70.2 Å². The molecule has 1 aromatic rings. The van der Waals surface area contributed by atoms with Gasteiger partial charge in [0.15, 0.2) is 17.3 Å². The molecule has 17 heavy (non-hydrogen) atoms. The summed E-state index contributed by atoms with van der Waals surface area (Å²) in [5, 5.41) is 19.1. The first-order valence-electron chi connectivity index (χ1n) is 4.69. The van der Waals surface area contributed by atoms with E-state index in [-0.39, 0.29) is 13.0 Å². The number of benzene rings is 1. The number of anilines is 1. The van der Waals surface area contributed by atoms with Crippen LogP contribution >= 0.6 is 0 Å². The minimum Gasteiger partial charge on any atom is -0.366 e. The quantitative estimate of drug-likeness (QED) is 0.598. The van der Waals surface area contributed by atoms with Crippen LogP contribution in [0.5, 0.6) is 0 Å². The molecule has 0 saturated heterocycles. The van der Waals surface area contributed by atoms with E-state index >= 15 is 0 Å². The third kappa shape index (κ3) is 2.66. The lowest BCUT2D eigenvalue weighted by Gasteiger charge is -2.18. The van der Waals surface area contributed by atoms with Gasteiger partial charge in [0.2, 0.25) is 0 Å². The zero-order valence-electron chi connectivity index (χ0n) is 8.98. The third-order valence-corrected chi connectivity index (χ3v) is 2.19. The smallest absolute Gasteiger partial charge is 0.295 e. The van der Waals surface area contributed by atoms with Crippen molar-refractivity contribution in [1.82, 2.24) is 0 Å². The molecular weight excluding hydrogens is 232 g/mol. The number of rotatable bonds is 4. The van der Waals surface area contributed by atoms with Crippen molar-refractivity contribution < 1.29 is 13.7 Å². The maximum atomic E-state index is 13.5. The molecule has 1 aromatic carbocycles. The van der Waals surface area contributed by atoms with Gasteiger partial charge >= 0.3 is 0 Å². The van der Waals surface area contributed by atoms with Crippen molar-refractivity contribution in [3.05, 3.63) is 33.9 Å². The van der Waals surface area contributed by atoms with E-state index in [4.69, 9.17) is 5.26 Å². The van der Waals surface area contributed by atoms with Crippen LogP contribution in [-0.4, -0.2) is 18.5 Å². The molecule has 0 aliphatic rings. The molecule has 0 N–H and O–H groups in total. The Hall–Kier alpha value is -2.23. The Labute approximate surface area is 96.0 Å². The van der Waals surface area contributed by atoms with E-state index in [0.29, 0.717) is 6.07 Å². The predicted octanol–water partition coefficient (Wildman–Crippen LogP) is 2.22. The molecule has 0 spiro atoms. The van der Waals surface area contributed by atoms with Gasteiger partial charge in [-0.15, -0.1) is 0 Å². The van der Waals surface area contributed by atoms with Crippen molar-refractivity contribution in [2.45, 2.75) is 6.42 Å². The Morgan fingerprint density at radius 1 is 1.53 bits per heavy atom. The second kappa shape index (κ2) is 5.21. The van der Waals surface area contributed by atoms with Crippen LogP contribution in [0.4, 0.5) is 20.2 Å². The van der Waals surface area contributed by atoms with Gasteiger partial charge in [-0.3, -0.25) is 10.1 Å². The molecule has 7 heteroatoms. The Kier molecular flexibility index (Phi) is 3.93. The van der Waals surface area contributed by atoms with E-state index in [0.717, 1.165) is 11.0 Å². The number of halogens is 2. The second-order valence-electron chi connectivity index (χ2n) is 3.32. The molecule has 0 bridgehead atoms. The summed E-state index contributed by atoms with van der Waals surface area (Å²) in [5.41, 5.74) is -0.963. The van der Waals surface area contributed by atoms with Gasteiger partial charge in [-0.2, -0.15) is 5.26 Å². The van der Waals surface area contributed by atoms with Crippen molar-refractivity contribution in [2.24, 2.45) is 0 Å². The highest BCUT2D eigenvalue weighted by atomic mass is 19.2. The molecule has 0 saturated carbocycles. The van der Waals surface area contributed by atoms with Gasteiger partial charge in [0, 0.05) is 19.7 Å². The number of hydrogen-bond acceptors (Lipinski definition) is 4. The van der Waals surface area contributed by atoms with E-state index in [2.05, 4.69) is 0 Å². The molecular formula is C10H9F2N3O2. The van der Waals surface area contributed by atoms with Crippen LogP contribution in [0.15, 0.2) is 12.1 Å². The monoisotopic (exact) mass is 241 g/mol. The normalized spacial score (nSPS) is 9.76. The fraction of sp³-hybridized carbons (Fsp3) is 0.300. The summed E-state index contributed by atoms with van der Waals surface area (Å²) >= 11 is 0. The fourth-order valence-electron chi connectivity index (χ4n) is 1.37. The number of nitriles is 1. The zero-order valence-corrected chi connectivity index (χ0v) is 8.98. The molecule has 0 heterocycles. The maximum Gasteiger partial charge on any atom is 0.295 e. The summed E-state index contributed by atoms with van der Waals surface area (Å²) in [6.07, 6.45) is 0.0591. The number of nitrogens with zero attached hydrogens (tertiary/aromatic N) is 3. The van der Waals surface area contributed by atoms with Crippen molar-refractivity contribution in [1.29, 1.82) is 5.26 Å². The first-order valence-corrected chi connectivity index (χ1v) is 4.69. The molecule has 1 rings (SSSR count). The molecule has 0 amide bonds. The van der Waals surface area contributed by atoms with Gasteiger partial charge in [0.25, 0.3) is 5.69 Å². The van der Waals surface area contributed by atoms with Crippen molar-refractivity contribution in [3.8, 4) is 6.07 Å². The largest absolute Gasteiger partial charge is 0.366 e. The lowest BCUT2D eigenvalue weighted by Crippen LogP contribution is -2.21. The first kappa shape index (κ1) is 12.8. The maximum absolute atomic E-state index is 13.5. The average Bonchev–Trinajstić information content (AvgIpc) is 2.28. The highest BCUT2D eigenvalue weighted by molar-refractivity contribution is 5.64. The number of nitro groups is 1. The minimum absolute atomic E-state index is 0.0591. The standard InChI is InChI=1S/C10H9F2N3O2/c1-14(6-2-5-13)10-8(15(16)17)4-3-7(11)9(10)12/h3-4H,2,6H2,1H3. The van der Waals surface area contributed by atoms with Gasteiger partial charge < -0.3 is 4.90 Å². The van der Waals surface area contributed by atoms with Crippen LogP contribution < -0.4 is 4.90 Å². The highest BCUT2D eigenvalue weighted by Crippen LogP contribution is 2.31. The van der Waals surface area contributed by atoms with Gasteiger partial charge in [-0.05, 0) is 6.07 Å². The van der Waals surface area contributed by atoms with Gasteiger partial charge in [0.05, 0.1) is 17.4 Å². The molecule has 0 aromatic heterocycles. The molecule has 0 aliphatic carbocycles. The first-order chi connectivity index (χ1) is 7.99. The number of nitro benzene ring substituents is 1. The van der Waals surface area contributed by atoms with E-state index in [1.165, 1.54) is 7.05 Å². The Morgan fingerprint density at radius 3 is 2.71 bits per heavy atom. The van der Waals surface area contributed by atoms with Gasteiger partial charge in [-0.25, -0.2) is 8.78 Å². The van der Waals surface area contributed by atoms with E-state index in [9.17, 15) is 18.9 Å². The Bertz CT molecular complexity index is 485. The van der Waals surface area contributed by atoms with E-state index < -0.39 is 27.9 Å². The SMILES string of the molecule is CN(CCC#N)c1c([N+](=O)[O-])ccc(F)c1F. The Morgan fingerprint density at radius 2 is 2.18 bits per heavy atom. The van der Waals surface area contributed by atoms with Crippen molar-refractivity contribution >= 4 is 11.4 Å². The number of hydrogen-bond donors (Lipinski definition) is 0. The minimum atomic E-state index is -1.28. The summed E-state index contributed by atoms with van der Waals surface area (Å²) in [7, 11) is 1.36. The Balaban J connectivity index is 3.23. The lowest BCUT2D eigenvalue weighted by molar-refractivity contribution is -0.384. The fourth-order valence-corrected chi connectivity index (χ4v) is 1.37. The zero-order chi connectivity index (χ0) is 13.0. The summed E-state index contributed by atoms with van der Waals surface area (Å²) in [6.45, 7) is 0.0811. The summed E-state index contributed by atoms with van der Waals surface area (Å²) in [5.74, 6) is -2.44. The summed E-state index contributed by atoms with van der Waals surface area (Å²) < 4.78 is 26.5. The van der Waals surface area contributed by atoms with Gasteiger partial charge in [-0.1, -0.05) is 0 Å². The van der Waals surface area contributed by atoms with E-state index in [1.54, 1.807) is 0 Å². The molecule has 0 fully saturated rings. The van der Waals surface area contributed by atoms with Crippen LogP contribution in [0.3, 0.4) is 0 Å². The third-order valence-electron chi connectivity index (χ3n) is 2.19.